The Labute approximate surface area is 193 Å². The number of aromatic nitrogens is 4. The van der Waals surface area contributed by atoms with Gasteiger partial charge >= 0.3 is 0 Å². The van der Waals surface area contributed by atoms with Gasteiger partial charge in [0.05, 0.1) is 29.7 Å². The topological polar surface area (TPSA) is 121 Å². The molecule has 1 saturated heterocycles. The van der Waals surface area contributed by atoms with Crippen LogP contribution in [0.4, 0.5) is 11.6 Å². The van der Waals surface area contributed by atoms with Crippen LogP contribution >= 0.6 is 0 Å². The predicted octanol–water partition coefficient (Wildman–Crippen LogP) is 3.35. The number of carbonyl (C=O) groups is 1. The molecule has 3 N–H and O–H groups in total. The highest BCUT2D eigenvalue weighted by molar-refractivity contribution is 5.95. The van der Waals surface area contributed by atoms with Gasteiger partial charge in [-0.2, -0.15) is 10.4 Å². The van der Waals surface area contributed by atoms with Crippen LogP contribution in [-0.2, 0) is 0 Å². The van der Waals surface area contributed by atoms with E-state index in [4.69, 9.17) is 10.2 Å². The summed E-state index contributed by atoms with van der Waals surface area (Å²) >= 11 is 0. The van der Waals surface area contributed by atoms with Crippen LogP contribution in [-0.4, -0.2) is 44.8 Å². The smallest absolute Gasteiger partial charge is 0.252 e. The number of carbonyl (C=O) groups excluding carboxylic acids is 1. The number of hydrogen-bond donors (Lipinski definition) is 3. The summed E-state index contributed by atoms with van der Waals surface area (Å²) in [6.07, 6.45) is 8.21. The van der Waals surface area contributed by atoms with E-state index in [0.29, 0.717) is 24.0 Å². The molecule has 0 radical (unpaired) electrons. The molecule has 1 aliphatic heterocycles. The number of nitrogens with one attached hydrogen (secondary N) is 3. The maximum atomic E-state index is 12.6. The van der Waals surface area contributed by atoms with Crippen LogP contribution in [0.25, 0.3) is 11.3 Å². The number of anilines is 2. The van der Waals surface area contributed by atoms with Gasteiger partial charge < -0.3 is 16.0 Å². The number of piperidine rings is 1. The average molecular weight is 445 g/mol. The molecule has 33 heavy (non-hydrogen) atoms. The van der Waals surface area contributed by atoms with Gasteiger partial charge in [-0.05, 0) is 57.0 Å². The lowest BCUT2D eigenvalue weighted by molar-refractivity contribution is 0.0944. The Morgan fingerprint density at radius 1 is 1.33 bits per heavy atom. The maximum absolute atomic E-state index is 12.6. The first-order chi connectivity index (χ1) is 16.1. The number of nitrogens with zero attached hydrogens (tertiary/aromatic N) is 5. The molecule has 3 aromatic rings. The van der Waals surface area contributed by atoms with Gasteiger partial charge in [-0.3, -0.25) is 9.48 Å². The first-order valence-electron chi connectivity index (χ1n) is 11.2. The van der Waals surface area contributed by atoms with Crippen molar-refractivity contribution >= 4 is 17.5 Å². The van der Waals surface area contributed by atoms with E-state index in [1.54, 1.807) is 24.5 Å². The monoisotopic (exact) mass is 444 g/mol. The summed E-state index contributed by atoms with van der Waals surface area (Å²) in [5.41, 5.74) is 3.75. The Kier molecular flexibility index (Phi) is 6.95. The minimum absolute atomic E-state index is 0.277. The van der Waals surface area contributed by atoms with Crippen LogP contribution in [0.15, 0.2) is 42.9 Å². The molecule has 2 aromatic heterocycles. The van der Waals surface area contributed by atoms with Crippen LogP contribution in [0.1, 0.15) is 48.1 Å². The number of nitriles is 1. The summed E-state index contributed by atoms with van der Waals surface area (Å²) in [4.78, 5) is 21.7. The molecule has 0 bridgehead atoms. The zero-order valence-corrected chi connectivity index (χ0v) is 18.9. The Morgan fingerprint density at radius 3 is 2.91 bits per heavy atom. The van der Waals surface area contributed by atoms with Gasteiger partial charge in [0.15, 0.2) is 0 Å². The standard InChI is InChI=1S/C24H28N8O/c1-3-19(12-25)29-23(33)18-6-4-5-17(11-18)22-16(2)13-27-24(31-22)30-20-14-28-32(15-20)21-7-9-26-10-8-21/h4-6,11,13-15,19,21,26H,3,7-10H2,1-2H3,(H,29,33)(H,27,30,31). The molecule has 4 rings (SSSR count). The Morgan fingerprint density at radius 2 is 2.15 bits per heavy atom. The van der Waals surface area contributed by atoms with Crippen LogP contribution in [0.5, 0.6) is 0 Å². The van der Waals surface area contributed by atoms with Crippen molar-refractivity contribution in [1.82, 2.24) is 30.4 Å². The van der Waals surface area contributed by atoms with Gasteiger partial charge in [-0.25, -0.2) is 9.97 Å². The summed E-state index contributed by atoms with van der Waals surface area (Å²) in [6, 6.07) is 9.22. The molecule has 9 nitrogen and oxygen atoms in total. The number of benzene rings is 1. The number of hydrogen-bond acceptors (Lipinski definition) is 7. The normalized spacial score (nSPS) is 14.9. The van der Waals surface area contributed by atoms with E-state index in [9.17, 15) is 4.79 Å². The molecule has 170 valence electrons. The van der Waals surface area contributed by atoms with Crippen molar-refractivity contribution in [3.05, 3.63) is 54.0 Å². The lowest BCUT2D eigenvalue weighted by atomic mass is 10.0. The summed E-state index contributed by atoms with van der Waals surface area (Å²) in [6.45, 7) is 5.80. The predicted molar refractivity (Wildman–Crippen MR) is 126 cm³/mol. The minimum Gasteiger partial charge on any atom is -0.336 e. The van der Waals surface area contributed by atoms with Crippen LogP contribution in [0.2, 0.25) is 0 Å². The van der Waals surface area contributed by atoms with Crippen LogP contribution in [0, 0.1) is 18.3 Å². The van der Waals surface area contributed by atoms with Crippen LogP contribution < -0.4 is 16.0 Å². The fraction of sp³-hybridized carbons (Fsp3) is 0.375. The zero-order valence-electron chi connectivity index (χ0n) is 18.9. The fourth-order valence-electron chi connectivity index (χ4n) is 3.87. The molecule has 3 heterocycles. The van der Waals surface area contributed by atoms with Crippen molar-refractivity contribution in [2.75, 3.05) is 18.4 Å². The highest BCUT2D eigenvalue weighted by Crippen LogP contribution is 2.25. The number of rotatable bonds is 7. The molecule has 9 heteroatoms. The maximum Gasteiger partial charge on any atom is 0.252 e. The number of amides is 1. The van der Waals surface area contributed by atoms with Gasteiger partial charge in [-0.15, -0.1) is 0 Å². The van der Waals surface area contributed by atoms with Crippen molar-refractivity contribution in [2.24, 2.45) is 0 Å². The fourth-order valence-corrected chi connectivity index (χ4v) is 3.87. The molecule has 1 fully saturated rings. The molecule has 0 spiro atoms. The lowest BCUT2D eigenvalue weighted by Crippen LogP contribution is -2.33. The number of aryl methyl sites for hydroxylation is 1. The quantitative estimate of drug-likeness (QED) is 0.511. The summed E-state index contributed by atoms with van der Waals surface area (Å²) in [7, 11) is 0. The van der Waals surface area contributed by atoms with Crippen molar-refractivity contribution in [3.8, 4) is 17.3 Å². The highest BCUT2D eigenvalue weighted by Gasteiger charge is 2.17. The van der Waals surface area contributed by atoms with E-state index in [1.165, 1.54) is 0 Å². The third-order valence-corrected chi connectivity index (χ3v) is 5.78. The van der Waals surface area contributed by atoms with E-state index >= 15 is 0 Å². The summed E-state index contributed by atoms with van der Waals surface area (Å²) < 4.78 is 2.01. The Bertz CT molecular complexity index is 1160. The van der Waals surface area contributed by atoms with Gasteiger partial charge in [0.1, 0.15) is 6.04 Å². The average Bonchev–Trinajstić information content (AvgIpc) is 3.32. The first kappa shape index (κ1) is 22.4. The molecule has 0 saturated carbocycles. The highest BCUT2D eigenvalue weighted by atomic mass is 16.1. The van der Waals surface area contributed by atoms with E-state index in [0.717, 1.165) is 48.4 Å². The van der Waals surface area contributed by atoms with Crippen molar-refractivity contribution < 1.29 is 4.79 Å². The second-order valence-corrected chi connectivity index (χ2v) is 8.18. The molecule has 1 unspecified atom stereocenters. The molecular weight excluding hydrogens is 416 g/mol. The van der Waals surface area contributed by atoms with Gasteiger partial charge in [0, 0.05) is 23.5 Å². The van der Waals surface area contributed by atoms with Gasteiger partial charge in [0.25, 0.3) is 5.91 Å². The zero-order chi connectivity index (χ0) is 23.2. The minimum atomic E-state index is -0.511. The van der Waals surface area contributed by atoms with E-state index < -0.39 is 6.04 Å². The van der Waals surface area contributed by atoms with Crippen molar-refractivity contribution in [2.45, 2.75) is 45.2 Å². The van der Waals surface area contributed by atoms with E-state index in [-0.39, 0.29) is 5.91 Å². The molecule has 1 amide bonds. The summed E-state index contributed by atoms with van der Waals surface area (Å²) in [5.74, 6) is 0.187. The van der Waals surface area contributed by atoms with Gasteiger partial charge in [0.2, 0.25) is 5.95 Å². The van der Waals surface area contributed by atoms with E-state index in [1.807, 2.05) is 36.9 Å². The second kappa shape index (κ2) is 10.2. The Hall–Kier alpha value is -3.77. The molecule has 1 aromatic carbocycles. The lowest BCUT2D eigenvalue weighted by Gasteiger charge is -2.22. The SMILES string of the molecule is CCC(C#N)NC(=O)c1cccc(-c2nc(Nc3cnn(C4CCNCC4)c3)ncc2C)c1. The molecular formula is C24H28N8O. The summed E-state index contributed by atoms with van der Waals surface area (Å²) in [5, 5.41) is 23.0. The molecule has 1 atom stereocenters. The van der Waals surface area contributed by atoms with Crippen LogP contribution in [0.3, 0.4) is 0 Å². The third-order valence-electron chi connectivity index (χ3n) is 5.78. The second-order valence-electron chi connectivity index (χ2n) is 8.18. The third kappa shape index (κ3) is 5.35. The Balaban J connectivity index is 1.53. The largest absolute Gasteiger partial charge is 0.336 e. The van der Waals surface area contributed by atoms with E-state index in [2.05, 4.69) is 32.1 Å². The first-order valence-corrected chi connectivity index (χ1v) is 11.2. The molecule has 0 aliphatic carbocycles. The van der Waals surface area contributed by atoms with Crippen molar-refractivity contribution in [3.63, 3.8) is 0 Å². The van der Waals surface area contributed by atoms with Crippen molar-refractivity contribution in [1.29, 1.82) is 5.26 Å². The van der Waals surface area contributed by atoms with Gasteiger partial charge in [-0.1, -0.05) is 19.1 Å². The molecule has 1 aliphatic rings.